The van der Waals surface area contributed by atoms with Crippen molar-refractivity contribution in [1.82, 2.24) is 5.32 Å². The average Bonchev–Trinajstić information content (AvgIpc) is 2.57. The topological polar surface area (TPSA) is 63.2 Å². The largest absolute Gasteiger partial charge is 0.352 e. The predicted molar refractivity (Wildman–Crippen MR) is 77.7 cm³/mol. The first-order valence-corrected chi connectivity index (χ1v) is 9.19. The number of carbonyl (C=O) groups excluding carboxylic acids is 1. The Kier molecular flexibility index (Phi) is 6.30. The molecule has 4 nitrogen and oxygen atoms in total. The highest BCUT2D eigenvalue weighted by Crippen LogP contribution is 2.20. The highest BCUT2D eigenvalue weighted by atomic mass is 32.2. The smallest absolute Gasteiger partial charge is 0.220 e. The monoisotopic (exact) mass is 289 g/mol. The van der Waals surface area contributed by atoms with Crippen molar-refractivity contribution in [2.75, 3.05) is 11.5 Å². The summed E-state index contributed by atoms with van der Waals surface area (Å²) in [6.45, 7) is 6.15. The molecule has 0 bridgehead atoms. The van der Waals surface area contributed by atoms with Crippen LogP contribution in [0.3, 0.4) is 0 Å². The van der Waals surface area contributed by atoms with Gasteiger partial charge in [-0.15, -0.1) is 0 Å². The van der Waals surface area contributed by atoms with Crippen LogP contribution >= 0.6 is 0 Å². The van der Waals surface area contributed by atoms with E-state index in [4.69, 9.17) is 0 Å². The quantitative estimate of drug-likeness (QED) is 0.781. The molecule has 1 fully saturated rings. The Morgan fingerprint density at radius 1 is 1.32 bits per heavy atom. The van der Waals surface area contributed by atoms with E-state index in [-0.39, 0.29) is 29.4 Å². The van der Waals surface area contributed by atoms with Crippen LogP contribution in [0.25, 0.3) is 0 Å². The lowest BCUT2D eigenvalue weighted by Crippen LogP contribution is -2.39. The Morgan fingerprint density at radius 2 is 2.00 bits per heavy atom. The van der Waals surface area contributed by atoms with Crippen LogP contribution in [0.1, 0.15) is 52.9 Å². The predicted octanol–water partition coefficient (Wildman–Crippen LogP) is 2.14. The fourth-order valence-corrected chi connectivity index (χ4v) is 4.81. The second-order valence-electron chi connectivity index (χ2n) is 5.85. The number of hydrogen-bond acceptors (Lipinski definition) is 3. The van der Waals surface area contributed by atoms with Gasteiger partial charge in [-0.2, -0.15) is 0 Å². The molecule has 1 N–H and O–H groups in total. The molecule has 0 aromatic rings. The molecule has 1 heterocycles. The van der Waals surface area contributed by atoms with Crippen molar-refractivity contribution < 1.29 is 13.2 Å². The summed E-state index contributed by atoms with van der Waals surface area (Å²) in [6, 6.07) is -0.193. The summed E-state index contributed by atoms with van der Waals surface area (Å²) in [6.07, 6.45) is 4.92. The van der Waals surface area contributed by atoms with Crippen molar-refractivity contribution in [2.45, 2.75) is 58.9 Å². The van der Waals surface area contributed by atoms with Crippen molar-refractivity contribution in [3.05, 3.63) is 0 Å². The van der Waals surface area contributed by atoms with Crippen LogP contribution in [-0.4, -0.2) is 31.9 Å². The van der Waals surface area contributed by atoms with Crippen LogP contribution in [0.2, 0.25) is 0 Å². The Morgan fingerprint density at radius 3 is 2.47 bits per heavy atom. The van der Waals surface area contributed by atoms with E-state index in [1.165, 1.54) is 0 Å². The molecule has 0 aromatic carbocycles. The standard InChI is InChI=1S/C14H27NO3S/c1-4-6-7-12(5-2)8-14(16)15-13-10-19(17,18)9-11(13)3/h11-13H,4-10H2,1-3H3,(H,15,16)/t11-,12+,13+/m0/s1. The van der Waals surface area contributed by atoms with E-state index in [0.717, 1.165) is 25.7 Å². The lowest BCUT2D eigenvalue weighted by Gasteiger charge is -2.19. The number of unbranched alkanes of at least 4 members (excludes halogenated alkanes) is 1. The van der Waals surface area contributed by atoms with Gasteiger partial charge in [-0.3, -0.25) is 4.79 Å². The lowest BCUT2D eigenvalue weighted by atomic mass is 9.95. The molecular weight excluding hydrogens is 262 g/mol. The van der Waals surface area contributed by atoms with Gasteiger partial charge in [0, 0.05) is 12.5 Å². The van der Waals surface area contributed by atoms with E-state index in [2.05, 4.69) is 19.2 Å². The molecular formula is C14H27NO3S. The molecule has 1 amide bonds. The number of carbonyl (C=O) groups is 1. The summed E-state index contributed by atoms with van der Waals surface area (Å²) in [5.74, 6) is 0.770. The molecule has 0 aliphatic carbocycles. The van der Waals surface area contributed by atoms with Gasteiger partial charge < -0.3 is 5.32 Å². The summed E-state index contributed by atoms with van der Waals surface area (Å²) in [5.41, 5.74) is 0. The first kappa shape index (κ1) is 16.5. The van der Waals surface area contributed by atoms with Crippen LogP contribution in [0.4, 0.5) is 0 Å². The van der Waals surface area contributed by atoms with Crippen molar-refractivity contribution >= 4 is 15.7 Å². The molecule has 19 heavy (non-hydrogen) atoms. The summed E-state index contributed by atoms with van der Waals surface area (Å²) < 4.78 is 23.0. The minimum atomic E-state index is -2.95. The van der Waals surface area contributed by atoms with Gasteiger partial charge in [-0.05, 0) is 18.3 Å². The Balaban J connectivity index is 2.42. The zero-order valence-electron chi connectivity index (χ0n) is 12.3. The molecule has 0 aromatic heterocycles. The summed E-state index contributed by atoms with van der Waals surface area (Å²) in [7, 11) is -2.95. The fourth-order valence-electron chi connectivity index (χ4n) is 2.68. The zero-order chi connectivity index (χ0) is 14.5. The zero-order valence-corrected chi connectivity index (χ0v) is 13.1. The van der Waals surface area contributed by atoms with Gasteiger partial charge in [0.2, 0.25) is 5.91 Å². The molecule has 1 aliphatic heterocycles. The third kappa shape index (κ3) is 5.51. The van der Waals surface area contributed by atoms with Crippen LogP contribution in [0.5, 0.6) is 0 Å². The summed E-state index contributed by atoms with van der Waals surface area (Å²) in [5, 5.41) is 2.91. The van der Waals surface area contributed by atoms with E-state index < -0.39 is 9.84 Å². The fraction of sp³-hybridized carbons (Fsp3) is 0.929. The first-order chi connectivity index (χ1) is 8.88. The number of rotatable bonds is 7. The molecule has 0 radical (unpaired) electrons. The van der Waals surface area contributed by atoms with Gasteiger partial charge in [0.15, 0.2) is 9.84 Å². The normalized spacial score (nSPS) is 27.1. The highest BCUT2D eigenvalue weighted by Gasteiger charge is 2.35. The highest BCUT2D eigenvalue weighted by molar-refractivity contribution is 7.91. The van der Waals surface area contributed by atoms with Gasteiger partial charge in [0.1, 0.15) is 0 Å². The van der Waals surface area contributed by atoms with Gasteiger partial charge in [-0.25, -0.2) is 8.42 Å². The summed E-state index contributed by atoms with van der Waals surface area (Å²) in [4.78, 5) is 12.0. The van der Waals surface area contributed by atoms with Gasteiger partial charge in [0.05, 0.1) is 11.5 Å². The number of sulfone groups is 1. The molecule has 1 saturated heterocycles. The minimum Gasteiger partial charge on any atom is -0.352 e. The van der Waals surface area contributed by atoms with Crippen molar-refractivity contribution in [3.8, 4) is 0 Å². The second kappa shape index (κ2) is 7.27. The van der Waals surface area contributed by atoms with Gasteiger partial charge >= 0.3 is 0 Å². The van der Waals surface area contributed by atoms with Crippen LogP contribution < -0.4 is 5.32 Å². The van der Waals surface area contributed by atoms with Crippen molar-refractivity contribution in [2.24, 2.45) is 11.8 Å². The van der Waals surface area contributed by atoms with Crippen molar-refractivity contribution in [3.63, 3.8) is 0 Å². The molecule has 0 spiro atoms. The minimum absolute atomic E-state index is 0.0110. The van der Waals surface area contributed by atoms with E-state index in [1.54, 1.807) is 0 Å². The maximum Gasteiger partial charge on any atom is 0.220 e. The third-order valence-electron chi connectivity index (χ3n) is 4.00. The Bertz CT molecular complexity index is 391. The molecule has 112 valence electrons. The van der Waals surface area contributed by atoms with E-state index in [9.17, 15) is 13.2 Å². The van der Waals surface area contributed by atoms with E-state index >= 15 is 0 Å². The number of amides is 1. The molecule has 5 heteroatoms. The maximum atomic E-state index is 12.0. The maximum absolute atomic E-state index is 12.0. The lowest BCUT2D eigenvalue weighted by molar-refractivity contribution is -0.122. The van der Waals surface area contributed by atoms with E-state index in [1.807, 2.05) is 6.92 Å². The molecule has 3 atom stereocenters. The molecule has 0 unspecified atom stereocenters. The van der Waals surface area contributed by atoms with Crippen molar-refractivity contribution in [1.29, 1.82) is 0 Å². The van der Waals surface area contributed by atoms with Crippen LogP contribution in [0.15, 0.2) is 0 Å². The summed E-state index contributed by atoms with van der Waals surface area (Å²) >= 11 is 0. The second-order valence-corrected chi connectivity index (χ2v) is 8.00. The number of hydrogen-bond donors (Lipinski definition) is 1. The van der Waals surface area contributed by atoms with E-state index in [0.29, 0.717) is 12.3 Å². The third-order valence-corrected chi connectivity index (χ3v) is 5.90. The SMILES string of the molecule is CCCC[C@@H](CC)CC(=O)N[C@@H]1CS(=O)(=O)C[C@@H]1C. The first-order valence-electron chi connectivity index (χ1n) is 7.37. The Hall–Kier alpha value is -0.580. The van der Waals surface area contributed by atoms with Gasteiger partial charge in [-0.1, -0.05) is 40.0 Å². The molecule has 1 rings (SSSR count). The van der Waals surface area contributed by atoms with Gasteiger partial charge in [0.25, 0.3) is 0 Å². The number of nitrogens with one attached hydrogen (secondary N) is 1. The molecule has 0 saturated carbocycles. The van der Waals surface area contributed by atoms with Crippen LogP contribution in [-0.2, 0) is 14.6 Å². The van der Waals surface area contributed by atoms with Crippen LogP contribution in [0, 0.1) is 11.8 Å². The average molecular weight is 289 g/mol. The Labute approximate surface area is 117 Å². The molecule has 1 aliphatic rings.